The van der Waals surface area contributed by atoms with E-state index in [0.29, 0.717) is 11.6 Å². The van der Waals surface area contributed by atoms with Crippen LogP contribution in [0.1, 0.15) is 23.1 Å². The third-order valence-electron chi connectivity index (χ3n) is 2.65. The molecule has 1 atom stereocenters. The lowest BCUT2D eigenvalue weighted by Gasteiger charge is -2.10. The molecule has 0 aliphatic rings. The summed E-state index contributed by atoms with van der Waals surface area (Å²) in [5.41, 5.74) is 6.79. The third-order valence-corrected chi connectivity index (χ3v) is 2.65. The molecule has 0 radical (unpaired) electrons. The van der Waals surface area contributed by atoms with Gasteiger partial charge >= 0.3 is 0 Å². The Morgan fingerprint density at radius 1 is 1.28 bits per heavy atom. The van der Waals surface area contributed by atoms with Crippen LogP contribution < -0.4 is 5.73 Å². The second kappa shape index (κ2) is 5.51. The standard InChI is InChI=1S/C14H16N2O2/c1-10-7-8-13(18-10)14(15)16-12(9-17)11-5-3-2-4-6-11/h2-8,12,17H,9H2,1H3,(H2,15,16)/t12-/m0/s1. The number of hydrogen-bond acceptors (Lipinski definition) is 3. The van der Waals surface area contributed by atoms with Crippen molar-refractivity contribution < 1.29 is 9.52 Å². The van der Waals surface area contributed by atoms with E-state index in [1.165, 1.54) is 0 Å². The van der Waals surface area contributed by atoms with Crippen LogP contribution >= 0.6 is 0 Å². The van der Waals surface area contributed by atoms with Crippen molar-refractivity contribution in [3.63, 3.8) is 0 Å². The second-order valence-electron chi connectivity index (χ2n) is 4.03. The molecular formula is C14H16N2O2. The van der Waals surface area contributed by atoms with Crippen molar-refractivity contribution in [2.24, 2.45) is 10.7 Å². The molecule has 0 fully saturated rings. The minimum Gasteiger partial charge on any atom is -0.458 e. The zero-order valence-electron chi connectivity index (χ0n) is 10.2. The van der Waals surface area contributed by atoms with E-state index in [4.69, 9.17) is 10.2 Å². The maximum absolute atomic E-state index is 9.39. The molecule has 0 amide bonds. The number of aryl methyl sites for hydroxylation is 1. The molecule has 0 unspecified atom stereocenters. The van der Waals surface area contributed by atoms with Crippen LogP contribution in [0.15, 0.2) is 51.9 Å². The third kappa shape index (κ3) is 2.78. The first-order valence-electron chi connectivity index (χ1n) is 5.76. The van der Waals surface area contributed by atoms with Gasteiger partial charge in [-0.2, -0.15) is 0 Å². The van der Waals surface area contributed by atoms with Crippen molar-refractivity contribution >= 4 is 5.84 Å². The number of nitrogens with two attached hydrogens (primary N) is 1. The largest absolute Gasteiger partial charge is 0.458 e. The van der Waals surface area contributed by atoms with Gasteiger partial charge in [0.2, 0.25) is 0 Å². The summed E-state index contributed by atoms with van der Waals surface area (Å²) >= 11 is 0. The average molecular weight is 244 g/mol. The van der Waals surface area contributed by atoms with Gasteiger partial charge in [-0.3, -0.25) is 4.99 Å². The summed E-state index contributed by atoms with van der Waals surface area (Å²) in [6.07, 6.45) is 0. The number of nitrogens with zero attached hydrogens (tertiary/aromatic N) is 1. The first-order chi connectivity index (χ1) is 8.70. The van der Waals surface area contributed by atoms with Crippen molar-refractivity contribution in [1.82, 2.24) is 0 Å². The zero-order valence-corrected chi connectivity index (χ0v) is 10.2. The molecule has 0 spiro atoms. The van der Waals surface area contributed by atoms with Crippen LogP contribution in [0, 0.1) is 6.92 Å². The Morgan fingerprint density at radius 2 is 2.00 bits per heavy atom. The van der Waals surface area contributed by atoms with Crippen molar-refractivity contribution in [1.29, 1.82) is 0 Å². The van der Waals surface area contributed by atoms with E-state index in [9.17, 15) is 5.11 Å². The van der Waals surface area contributed by atoms with Crippen LogP contribution in [0.3, 0.4) is 0 Å². The van der Waals surface area contributed by atoms with Gasteiger partial charge in [-0.05, 0) is 24.6 Å². The van der Waals surface area contributed by atoms with Gasteiger partial charge < -0.3 is 15.3 Å². The smallest absolute Gasteiger partial charge is 0.168 e. The molecule has 2 rings (SSSR count). The molecule has 18 heavy (non-hydrogen) atoms. The minimum absolute atomic E-state index is 0.0929. The molecule has 0 saturated heterocycles. The molecule has 4 heteroatoms. The van der Waals surface area contributed by atoms with Gasteiger partial charge in [0.15, 0.2) is 11.6 Å². The fourth-order valence-corrected chi connectivity index (χ4v) is 1.70. The van der Waals surface area contributed by atoms with Crippen LogP contribution in [0.4, 0.5) is 0 Å². The maximum atomic E-state index is 9.39. The van der Waals surface area contributed by atoms with E-state index in [2.05, 4.69) is 4.99 Å². The minimum atomic E-state index is -0.364. The number of aliphatic hydroxyl groups is 1. The first-order valence-corrected chi connectivity index (χ1v) is 5.76. The summed E-state index contributed by atoms with van der Waals surface area (Å²) in [7, 11) is 0. The molecule has 3 N–H and O–H groups in total. The highest BCUT2D eigenvalue weighted by Gasteiger charge is 2.11. The number of furan rings is 1. The molecule has 1 aromatic heterocycles. The lowest BCUT2D eigenvalue weighted by Crippen LogP contribution is -2.15. The van der Waals surface area contributed by atoms with E-state index in [1.54, 1.807) is 6.07 Å². The van der Waals surface area contributed by atoms with Gasteiger partial charge in [0.05, 0.1) is 6.61 Å². The van der Waals surface area contributed by atoms with Crippen molar-refractivity contribution in [3.05, 3.63) is 59.5 Å². The lowest BCUT2D eigenvalue weighted by atomic mass is 10.1. The predicted octanol–water partition coefficient (Wildman–Crippen LogP) is 2.03. The molecule has 0 saturated carbocycles. The quantitative estimate of drug-likeness (QED) is 0.638. The van der Waals surface area contributed by atoms with E-state index in [1.807, 2.05) is 43.3 Å². The topological polar surface area (TPSA) is 71.8 Å². The van der Waals surface area contributed by atoms with Crippen molar-refractivity contribution in [2.45, 2.75) is 13.0 Å². The number of aliphatic imine (C=N–C) groups is 1. The Kier molecular flexibility index (Phi) is 3.79. The zero-order chi connectivity index (χ0) is 13.0. The van der Waals surface area contributed by atoms with Gasteiger partial charge in [0, 0.05) is 0 Å². The Balaban J connectivity index is 2.24. The van der Waals surface area contributed by atoms with E-state index >= 15 is 0 Å². The van der Waals surface area contributed by atoms with Gasteiger partial charge in [0.25, 0.3) is 0 Å². The second-order valence-corrected chi connectivity index (χ2v) is 4.03. The number of amidine groups is 1. The highest BCUT2D eigenvalue weighted by molar-refractivity contribution is 5.95. The Bertz CT molecular complexity index is 532. The summed E-state index contributed by atoms with van der Waals surface area (Å²) in [5, 5.41) is 9.39. The summed E-state index contributed by atoms with van der Waals surface area (Å²) in [4.78, 5) is 4.30. The molecule has 0 aliphatic carbocycles. The molecular weight excluding hydrogens is 228 g/mol. The molecule has 94 valence electrons. The Hall–Kier alpha value is -2.07. The van der Waals surface area contributed by atoms with Gasteiger partial charge in [0.1, 0.15) is 11.8 Å². The van der Waals surface area contributed by atoms with Gasteiger partial charge in [-0.15, -0.1) is 0 Å². The number of hydrogen-bond donors (Lipinski definition) is 2. The number of rotatable bonds is 4. The van der Waals surface area contributed by atoms with E-state index in [0.717, 1.165) is 11.3 Å². The van der Waals surface area contributed by atoms with Gasteiger partial charge in [-0.25, -0.2) is 0 Å². The predicted molar refractivity (Wildman–Crippen MR) is 70.4 cm³/mol. The summed E-state index contributed by atoms with van der Waals surface area (Å²) in [5.74, 6) is 1.61. The SMILES string of the molecule is Cc1ccc(C(N)=N[C@@H](CO)c2ccccc2)o1. The molecule has 1 aromatic carbocycles. The molecule has 0 bridgehead atoms. The fraction of sp³-hybridized carbons (Fsp3) is 0.214. The summed E-state index contributed by atoms with van der Waals surface area (Å²) in [6.45, 7) is 1.75. The van der Waals surface area contributed by atoms with E-state index in [-0.39, 0.29) is 12.6 Å². The Labute approximate surface area is 106 Å². The van der Waals surface area contributed by atoms with Crippen molar-refractivity contribution in [3.8, 4) is 0 Å². The first kappa shape index (κ1) is 12.4. The number of benzene rings is 1. The van der Waals surface area contributed by atoms with Crippen LogP contribution in [-0.2, 0) is 0 Å². The van der Waals surface area contributed by atoms with Crippen molar-refractivity contribution in [2.75, 3.05) is 6.61 Å². The average Bonchev–Trinajstić information content (AvgIpc) is 2.83. The van der Waals surface area contributed by atoms with Gasteiger partial charge in [-0.1, -0.05) is 30.3 Å². The summed E-state index contributed by atoms with van der Waals surface area (Å²) < 4.78 is 5.39. The van der Waals surface area contributed by atoms with Crippen LogP contribution in [0.2, 0.25) is 0 Å². The Morgan fingerprint density at radius 3 is 2.56 bits per heavy atom. The molecule has 4 nitrogen and oxygen atoms in total. The van der Waals surface area contributed by atoms with Crippen LogP contribution in [0.5, 0.6) is 0 Å². The van der Waals surface area contributed by atoms with E-state index < -0.39 is 0 Å². The molecule has 0 aliphatic heterocycles. The van der Waals surface area contributed by atoms with Crippen LogP contribution in [0.25, 0.3) is 0 Å². The molecule has 2 aromatic rings. The highest BCUT2D eigenvalue weighted by Crippen LogP contribution is 2.17. The monoisotopic (exact) mass is 244 g/mol. The fourth-order valence-electron chi connectivity index (χ4n) is 1.70. The maximum Gasteiger partial charge on any atom is 0.168 e. The highest BCUT2D eigenvalue weighted by atomic mass is 16.3. The molecule has 1 heterocycles. The lowest BCUT2D eigenvalue weighted by molar-refractivity contribution is 0.269. The normalized spacial score (nSPS) is 13.6. The summed E-state index contributed by atoms with van der Waals surface area (Å²) in [6, 6.07) is 12.8. The number of aliphatic hydroxyl groups excluding tert-OH is 1. The van der Waals surface area contributed by atoms with Crippen LogP contribution in [-0.4, -0.2) is 17.5 Å².